The third-order valence-corrected chi connectivity index (χ3v) is 3.64. The molecule has 0 aliphatic heterocycles. The fourth-order valence-electron chi connectivity index (χ4n) is 1.82. The number of halogens is 3. The van der Waals surface area contributed by atoms with Gasteiger partial charge in [0.05, 0.1) is 10.2 Å². The minimum Gasteiger partial charge on any atom is -0.304 e. The number of hydrogen-bond acceptors (Lipinski definition) is 1. The van der Waals surface area contributed by atoms with Crippen molar-refractivity contribution < 1.29 is 4.39 Å². The Morgan fingerprint density at radius 2 is 1.89 bits per heavy atom. The van der Waals surface area contributed by atoms with E-state index in [-0.39, 0.29) is 5.82 Å². The van der Waals surface area contributed by atoms with Gasteiger partial charge >= 0.3 is 0 Å². The Balaban J connectivity index is 2.26. The van der Waals surface area contributed by atoms with Crippen LogP contribution in [0.3, 0.4) is 0 Å². The summed E-state index contributed by atoms with van der Waals surface area (Å²) < 4.78 is 17.4. The molecule has 0 aliphatic carbocycles. The fraction of sp³-hybridized carbons (Fsp3) is 0. The summed E-state index contributed by atoms with van der Waals surface area (Å²) in [5, 5.41) is 0. The van der Waals surface area contributed by atoms with Crippen LogP contribution in [0, 0.1) is 5.82 Å². The molecular weight excluding hydrogens is 363 g/mol. The maximum Gasteiger partial charge on any atom is 0.151 e. The number of hydrogen-bond donors (Lipinski definition) is 0. The van der Waals surface area contributed by atoms with Gasteiger partial charge in [-0.1, -0.05) is 12.1 Å². The van der Waals surface area contributed by atoms with Crippen LogP contribution in [0.4, 0.5) is 4.39 Å². The molecular formula is C13H7Br2FN2. The van der Waals surface area contributed by atoms with Crippen molar-refractivity contribution in [3.05, 3.63) is 57.5 Å². The van der Waals surface area contributed by atoms with E-state index >= 15 is 0 Å². The molecule has 0 spiro atoms. The lowest BCUT2D eigenvalue weighted by Crippen LogP contribution is -1.83. The highest BCUT2D eigenvalue weighted by molar-refractivity contribution is 9.11. The fourth-order valence-corrected chi connectivity index (χ4v) is 3.12. The van der Waals surface area contributed by atoms with Crippen molar-refractivity contribution in [2.45, 2.75) is 0 Å². The maximum absolute atomic E-state index is 13.7. The summed E-state index contributed by atoms with van der Waals surface area (Å²) in [5.41, 5.74) is 1.88. The number of pyridine rings is 1. The van der Waals surface area contributed by atoms with Crippen molar-refractivity contribution in [1.29, 1.82) is 0 Å². The average molecular weight is 370 g/mol. The molecule has 0 atom stereocenters. The molecule has 0 unspecified atom stereocenters. The van der Waals surface area contributed by atoms with E-state index in [1.54, 1.807) is 18.2 Å². The topological polar surface area (TPSA) is 17.3 Å². The van der Waals surface area contributed by atoms with Crippen LogP contribution in [0.1, 0.15) is 0 Å². The van der Waals surface area contributed by atoms with Gasteiger partial charge in [0, 0.05) is 22.4 Å². The highest BCUT2D eigenvalue weighted by Gasteiger charge is 2.10. The Morgan fingerprint density at radius 3 is 2.67 bits per heavy atom. The molecule has 90 valence electrons. The Bertz CT molecular complexity index is 737. The van der Waals surface area contributed by atoms with E-state index in [0.29, 0.717) is 11.3 Å². The molecule has 3 aromatic rings. The first kappa shape index (κ1) is 11.9. The molecule has 0 fully saturated rings. The van der Waals surface area contributed by atoms with Crippen LogP contribution in [0.15, 0.2) is 51.7 Å². The number of imidazole rings is 1. The first-order valence-corrected chi connectivity index (χ1v) is 6.82. The minimum absolute atomic E-state index is 0.268. The SMILES string of the molecule is Fc1ccccc1-c1cn2cc(Br)cc(Br)c2n1. The molecule has 0 saturated carbocycles. The number of fused-ring (bicyclic) bond motifs is 1. The largest absolute Gasteiger partial charge is 0.304 e. The molecule has 0 amide bonds. The normalized spacial score (nSPS) is 11.1. The summed E-state index contributed by atoms with van der Waals surface area (Å²) in [7, 11) is 0. The van der Waals surface area contributed by atoms with Gasteiger partial charge in [0.1, 0.15) is 5.82 Å². The van der Waals surface area contributed by atoms with E-state index in [1.807, 2.05) is 22.9 Å². The highest BCUT2D eigenvalue weighted by atomic mass is 79.9. The van der Waals surface area contributed by atoms with E-state index in [0.717, 1.165) is 14.6 Å². The summed E-state index contributed by atoms with van der Waals surface area (Å²) in [6.45, 7) is 0. The number of rotatable bonds is 1. The summed E-state index contributed by atoms with van der Waals surface area (Å²) in [6, 6.07) is 8.53. The van der Waals surface area contributed by atoms with Gasteiger partial charge in [-0.05, 0) is 50.1 Å². The maximum atomic E-state index is 13.7. The zero-order valence-electron chi connectivity index (χ0n) is 9.07. The van der Waals surface area contributed by atoms with Crippen LogP contribution < -0.4 is 0 Å². The lowest BCUT2D eigenvalue weighted by Gasteiger charge is -1.96. The highest BCUT2D eigenvalue weighted by Crippen LogP contribution is 2.27. The van der Waals surface area contributed by atoms with Crippen molar-refractivity contribution in [3.8, 4) is 11.3 Å². The third kappa shape index (κ3) is 1.97. The van der Waals surface area contributed by atoms with Gasteiger partial charge in [-0.2, -0.15) is 0 Å². The predicted octanol–water partition coefficient (Wildman–Crippen LogP) is 4.67. The molecule has 0 radical (unpaired) electrons. The van der Waals surface area contributed by atoms with Gasteiger partial charge in [0.15, 0.2) is 5.65 Å². The second-order valence-corrected chi connectivity index (χ2v) is 5.61. The molecule has 5 heteroatoms. The Kier molecular flexibility index (Phi) is 2.95. The minimum atomic E-state index is -0.268. The number of benzene rings is 1. The molecule has 2 heterocycles. The molecule has 1 aromatic carbocycles. The second kappa shape index (κ2) is 4.48. The molecule has 0 bridgehead atoms. The Hall–Kier alpha value is -1.20. The van der Waals surface area contributed by atoms with Gasteiger partial charge in [-0.15, -0.1) is 0 Å². The first-order valence-electron chi connectivity index (χ1n) is 5.24. The first-order chi connectivity index (χ1) is 8.65. The van der Waals surface area contributed by atoms with Crippen LogP contribution >= 0.6 is 31.9 Å². The molecule has 0 N–H and O–H groups in total. The summed E-state index contributed by atoms with van der Waals surface area (Å²) in [5.74, 6) is -0.268. The van der Waals surface area contributed by atoms with Crippen molar-refractivity contribution in [3.63, 3.8) is 0 Å². The number of aromatic nitrogens is 2. The van der Waals surface area contributed by atoms with Gasteiger partial charge < -0.3 is 4.40 Å². The smallest absolute Gasteiger partial charge is 0.151 e. The van der Waals surface area contributed by atoms with E-state index in [2.05, 4.69) is 36.8 Å². The van der Waals surface area contributed by atoms with Crippen molar-refractivity contribution in [2.24, 2.45) is 0 Å². The van der Waals surface area contributed by atoms with Crippen LogP contribution in [0.5, 0.6) is 0 Å². The van der Waals surface area contributed by atoms with Gasteiger partial charge in [0.25, 0.3) is 0 Å². The van der Waals surface area contributed by atoms with Crippen molar-refractivity contribution in [1.82, 2.24) is 9.38 Å². The van der Waals surface area contributed by atoms with E-state index in [4.69, 9.17) is 0 Å². The molecule has 0 aliphatic rings. The molecule has 0 saturated heterocycles. The zero-order chi connectivity index (χ0) is 12.7. The van der Waals surface area contributed by atoms with Crippen LogP contribution in [0.25, 0.3) is 16.9 Å². The van der Waals surface area contributed by atoms with Crippen molar-refractivity contribution >= 4 is 37.5 Å². The zero-order valence-corrected chi connectivity index (χ0v) is 12.2. The third-order valence-electron chi connectivity index (χ3n) is 2.62. The summed E-state index contributed by atoms with van der Waals surface area (Å²) in [6.07, 6.45) is 3.70. The summed E-state index contributed by atoms with van der Waals surface area (Å²) >= 11 is 6.86. The molecule has 2 nitrogen and oxygen atoms in total. The van der Waals surface area contributed by atoms with Crippen molar-refractivity contribution in [2.75, 3.05) is 0 Å². The molecule has 3 rings (SSSR count). The van der Waals surface area contributed by atoms with E-state index in [1.165, 1.54) is 6.07 Å². The Morgan fingerprint density at radius 1 is 1.11 bits per heavy atom. The lowest BCUT2D eigenvalue weighted by molar-refractivity contribution is 0.631. The monoisotopic (exact) mass is 368 g/mol. The predicted molar refractivity (Wildman–Crippen MR) is 76.0 cm³/mol. The van der Waals surface area contributed by atoms with Crippen LogP contribution in [0.2, 0.25) is 0 Å². The van der Waals surface area contributed by atoms with Crippen LogP contribution in [-0.4, -0.2) is 9.38 Å². The summed E-state index contributed by atoms with van der Waals surface area (Å²) in [4.78, 5) is 4.44. The standard InChI is InChI=1S/C13H7Br2FN2/c14-8-5-10(15)13-17-12(7-18(13)6-8)9-3-1-2-4-11(9)16/h1-7H. The van der Waals surface area contributed by atoms with Gasteiger partial charge in [-0.25, -0.2) is 9.37 Å². The number of nitrogens with zero attached hydrogens (tertiary/aromatic N) is 2. The molecule has 2 aromatic heterocycles. The average Bonchev–Trinajstić information content (AvgIpc) is 2.73. The van der Waals surface area contributed by atoms with E-state index in [9.17, 15) is 4.39 Å². The Labute approximate surface area is 120 Å². The lowest BCUT2D eigenvalue weighted by atomic mass is 10.1. The van der Waals surface area contributed by atoms with E-state index < -0.39 is 0 Å². The quantitative estimate of drug-likeness (QED) is 0.609. The second-order valence-electron chi connectivity index (χ2n) is 3.84. The van der Waals surface area contributed by atoms with Gasteiger partial charge in [0.2, 0.25) is 0 Å². The van der Waals surface area contributed by atoms with Gasteiger partial charge in [-0.3, -0.25) is 0 Å². The molecule has 18 heavy (non-hydrogen) atoms. The van der Waals surface area contributed by atoms with Crippen LogP contribution in [-0.2, 0) is 0 Å².